The summed E-state index contributed by atoms with van der Waals surface area (Å²) in [6.07, 6.45) is -4.48. The molecule has 0 saturated heterocycles. The number of carbonyl (C=O) groups excluding carboxylic acids is 1. The van der Waals surface area contributed by atoms with E-state index in [2.05, 4.69) is 31.8 Å². The van der Waals surface area contributed by atoms with Crippen molar-refractivity contribution in [1.29, 1.82) is 0 Å². The summed E-state index contributed by atoms with van der Waals surface area (Å²) in [5.41, 5.74) is 1.13. The Morgan fingerprint density at radius 3 is 2.87 bits per heavy atom. The second kappa shape index (κ2) is 8.56. The van der Waals surface area contributed by atoms with Gasteiger partial charge in [0.25, 0.3) is 5.91 Å². The second-order valence-corrected chi connectivity index (χ2v) is 8.54. The first kappa shape index (κ1) is 21.7. The van der Waals surface area contributed by atoms with Crippen molar-refractivity contribution in [3.8, 4) is 0 Å². The molecule has 7 nitrogen and oxygen atoms in total. The maximum Gasteiger partial charge on any atom is 0.522 e. The van der Waals surface area contributed by atoms with Gasteiger partial charge in [-0.25, -0.2) is 4.98 Å². The average Bonchev–Trinajstić information content (AvgIpc) is 3.28. The van der Waals surface area contributed by atoms with Gasteiger partial charge in [-0.05, 0) is 37.5 Å². The number of hydrogen-bond donors (Lipinski definition) is 1. The van der Waals surface area contributed by atoms with Gasteiger partial charge >= 0.3 is 6.36 Å². The first-order valence-corrected chi connectivity index (χ1v) is 10.5. The number of thiazole rings is 1. The third-order valence-electron chi connectivity index (χ3n) is 4.70. The Labute approximate surface area is 183 Å². The largest absolute Gasteiger partial charge is 0.522 e. The van der Waals surface area contributed by atoms with Crippen LogP contribution in [0.1, 0.15) is 46.8 Å². The molecular weight excluding hydrogens is 457 g/mol. The zero-order valence-corrected chi connectivity index (χ0v) is 17.5. The van der Waals surface area contributed by atoms with Crippen molar-refractivity contribution in [1.82, 2.24) is 20.5 Å². The number of aryl methyl sites for hydroxylation is 1. The predicted octanol–water partition coefficient (Wildman–Crippen LogP) is 4.99. The predicted molar refractivity (Wildman–Crippen MR) is 107 cm³/mol. The van der Waals surface area contributed by atoms with E-state index >= 15 is 0 Å². The minimum Gasteiger partial charge on any atom is -0.425 e. The highest BCUT2D eigenvalue weighted by molar-refractivity contribution is 7.20. The minimum absolute atomic E-state index is 0.178. The van der Waals surface area contributed by atoms with Crippen LogP contribution in [0.5, 0.6) is 0 Å². The number of alkyl halides is 3. The number of nitrogens with one attached hydrogen (secondary N) is 1. The smallest absolute Gasteiger partial charge is 0.425 e. The van der Waals surface area contributed by atoms with Crippen LogP contribution in [-0.2, 0) is 11.2 Å². The van der Waals surface area contributed by atoms with Crippen molar-refractivity contribution >= 4 is 39.1 Å². The molecule has 0 atom stereocenters. The van der Waals surface area contributed by atoms with Gasteiger partial charge in [-0.1, -0.05) is 18.2 Å². The van der Waals surface area contributed by atoms with Crippen LogP contribution in [0.25, 0.3) is 10.2 Å². The van der Waals surface area contributed by atoms with Crippen LogP contribution in [0, 0.1) is 0 Å². The van der Waals surface area contributed by atoms with Crippen LogP contribution in [0.4, 0.5) is 13.2 Å². The van der Waals surface area contributed by atoms with E-state index in [9.17, 15) is 18.0 Å². The number of fused-ring (bicyclic) bond motifs is 1. The maximum absolute atomic E-state index is 12.4. The summed E-state index contributed by atoms with van der Waals surface area (Å²) in [6, 6.07) is 5.19. The Morgan fingerprint density at radius 2 is 2.13 bits per heavy atom. The number of allylic oxidation sites excluding steroid dienone is 1. The second-order valence-electron chi connectivity index (χ2n) is 7.08. The van der Waals surface area contributed by atoms with Crippen molar-refractivity contribution in [3.05, 3.63) is 52.3 Å². The summed E-state index contributed by atoms with van der Waals surface area (Å²) in [6.45, 7) is 3.83. The third kappa shape index (κ3) is 5.41. The Bertz CT molecular complexity index is 1120. The summed E-state index contributed by atoms with van der Waals surface area (Å²) in [7, 11) is 0. The van der Waals surface area contributed by atoms with E-state index < -0.39 is 12.5 Å². The first-order valence-electron chi connectivity index (χ1n) is 9.28. The first-order chi connectivity index (χ1) is 14.7. The molecule has 0 radical (unpaired) electrons. The van der Waals surface area contributed by atoms with Crippen LogP contribution in [0.3, 0.4) is 0 Å². The van der Waals surface area contributed by atoms with Crippen molar-refractivity contribution in [2.24, 2.45) is 0 Å². The molecule has 31 heavy (non-hydrogen) atoms. The van der Waals surface area contributed by atoms with Crippen LogP contribution < -0.4 is 5.32 Å². The number of carbonyl (C=O) groups is 1. The quantitative estimate of drug-likeness (QED) is 0.521. The molecule has 1 aliphatic rings. The molecule has 4 rings (SSSR count). The fourth-order valence-electron chi connectivity index (χ4n) is 3.11. The average molecular weight is 473 g/mol. The standard InChI is InChI=1S/C19H16ClF3N4O3S/c1-9(24-16(28)18-25-13-4-3-11(20)8-14(13)31-18)2-5-15-26-27-17(29-15)10-6-12(7-10)30-19(21,22)23/h3-4,8,10,12H,1-2,5-7H2,(H,24,28)/t10-,12+. The summed E-state index contributed by atoms with van der Waals surface area (Å²) in [4.78, 5) is 16.7. The molecule has 0 bridgehead atoms. The van der Waals surface area contributed by atoms with E-state index in [1.807, 2.05) is 0 Å². The zero-order chi connectivity index (χ0) is 22.2. The molecular formula is C19H16ClF3N4O3S. The number of aromatic nitrogens is 3. The molecule has 2 heterocycles. The molecule has 1 aromatic carbocycles. The lowest BCUT2D eigenvalue weighted by Gasteiger charge is -2.32. The topological polar surface area (TPSA) is 90.1 Å². The summed E-state index contributed by atoms with van der Waals surface area (Å²) in [5.74, 6) is -0.0113. The Kier molecular flexibility index (Phi) is 6.00. The number of rotatable bonds is 7. The molecule has 2 aromatic heterocycles. The van der Waals surface area contributed by atoms with Gasteiger partial charge in [0.1, 0.15) is 0 Å². The molecule has 1 aliphatic carbocycles. The molecule has 1 saturated carbocycles. The number of benzene rings is 1. The van der Waals surface area contributed by atoms with Crippen molar-refractivity contribution in [2.45, 2.75) is 44.1 Å². The lowest BCUT2D eigenvalue weighted by Crippen LogP contribution is -2.34. The fourth-order valence-corrected chi connectivity index (χ4v) is 4.25. The van der Waals surface area contributed by atoms with Crippen molar-refractivity contribution in [2.75, 3.05) is 0 Å². The highest BCUT2D eigenvalue weighted by atomic mass is 35.5. The Hall–Kier alpha value is -2.50. The molecule has 1 fully saturated rings. The normalized spacial score (nSPS) is 18.7. The van der Waals surface area contributed by atoms with E-state index in [0.29, 0.717) is 45.9 Å². The van der Waals surface area contributed by atoms with Gasteiger partial charge in [0.15, 0.2) is 5.01 Å². The van der Waals surface area contributed by atoms with Gasteiger partial charge in [-0.2, -0.15) is 0 Å². The highest BCUT2D eigenvalue weighted by Crippen LogP contribution is 2.40. The highest BCUT2D eigenvalue weighted by Gasteiger charge is 2.42. The van der Waals surface area contributed by atoms with Crippen molar-refractivity contribution in [3.63, 3.8) is 0 Å². The van der Waals surface area contributed by atoms with E-state index in [1.54, 1.807) is 18.2 Å². The molecule has 0 aliphatic heterocycles. The van der Waals surface area contributed by atoms with E-state index in [-0.39, 0.29) is 24.7 Å². The van der Waals surface area contributed by atoms with Gasteiger partial charge in [-0.15, -0.1) is 34.7 Å². The third-order valence-corrected chi connectivity index (χ3v) is 5.95. The van der Waals surface area contributed by atoms with Crippen LogP contribution in [0.15, 0.2) is 34.9 Å². The van der Waals surface area contributed by atoms with Gasteiger partial charge in [0, 0.05) is 23.1 Å². The van der Waals surface area contributed by atoms with Crippen LogP contribution in [-0.4, -0.2) is 33.6 Å². The van der Waals surface area contributed by atoms with E-state index in [0.717, 1.165) is 4.70 Å². The SMILES string of the molecule is C=C(CCc1nnc([C@H]2C[C@@H](OC(F)(F)F)C2)o1)NC(=O)c1nc2ccc(Cl)cc2s1. The summed E-state index contributed by atoms with van der Waals surface area (Å²) < 4.78 is 46.8. The Morgan fingerprint density at radius 1 is 1.35 bits per heavy atom. The number of ether oxygens (including phenoxy) is 1. The number of hydrogen-bond acceptors (Lipinski definition) is 7. The lowest BCUT2D eigenvalue weighted by molar-refractivity contribution is -0.352. The molecule has 164 valence electrons. The summed E-state index contributed by atoms with van der Waals surface area (Å²) in [5, 5.41) is 11.4. The van der Waals surface area contributed by atoms with E-state index in [1.165, 1.54) is 11.3 Å². The zero-order valence-electron chi connectivity index (χ0n) is 15.9. The van der Waals surface area contributed by atoms with Gasteiger partial charge in [0.2, 0.25) is 11.8 Å². The Balaban J connectivity index is 1.25. The summed E-state index contributed by atoms with van der Waals surface area (Å²) >= 11 is 7.18. The molecule has 1 amide bonds. The van der Waals surface area contributed by atoms with Crippen LogP contribution in [0.2, 0.25) is 5.02 Å². The molecule has 0 unspecified atom stereocenters. The lowest BCUT2D eigenvalue weighted by atomic mass is 9.82. The van der Waals surface area contributed by atoms with Crippen LogP contribution >= 0.6 is 22.9 Å². The van der Waals surface area contributed by atoms with Gasteiger partial charge < -0.3 is 9.73 Å². The minimum atomic E-state index is -4.64. The maximum atomic E-state index is 12.4. The number of nitrogens with zero attached hydrogens (tertiary/aromatic N) is 3. The van der Waals surface area contributed by atoms with Gasteiger partial charge in [0.05, 0.1) is 16.3 Å². The van der Waals surface area contributed by atoms with E-state index in [4.69, 9.17) is 16.0 Å². The molecule has 3 aromatic rings. The molecule has 12 heteroatoms. The number of amides is 1. The molecule has 0 spiro atoms. The van der Waals surface area contributed by atoms with Crippen molar-refractivity contribution < 1.29 is 27.1 Å². The monoisotopic (exact) mass is 472 g/mol. The number of halogens is 4. The van der Waals surface area contributed by atoms with Gasteiger partial charge in [-0.3, -0.25) is 9.53 Å². The molecule has 1 N–H and O–H groups in total. The fraction of sp³-hybridized carbons (Fsp3) is 0.368.